The Kier molecular flexibility index (Phi) is 3.19. The molecule has 14 heavy (non-hydrogen) atoms. The molecule has 0 radical (unpaired) electrons. The third-order valence-electron chi connectivity index (χ3n) is 1.64. The van der Waals surface area contributed by atoms with E-state index < -0.39 is 5.69 Å². The Hall–Kier alpha value is -1.89. The molecule has 0 atom stereocenters. The fraction of sp³-hybridized carbons (Fsp3) is 0.286. The van der Waals surface area contributed by atoms with Crippen LogP contribution < -0.4 is 22.7 Å². The Bertz CT molecular complexity index is 386. The molecule has 0 saturated heterocycles. The lowest BCUT2D eigenvalue weighted by molar-refractivity contribution is -0.121. The Morgan fingerprint density at radius 3 is 2.93 bits per heavy atom. The van der Waals surface area contributed by atoms with E-state index in [0.717, 1.165) is 0 Å². The zero-order valence-electron chi connectivity index (χ0n) is 7.43. The Morgan fingerprint density at radius 2 is 2.36 bits per heavy atom. The highest BCUT2D eigenvalue weighted by Gasteiger charge is 2.01. The second-order valence-electron chi connectivity index (χ2n) is 2.65. The van der Waals surface area contributed by atoms with Gasteiger partial charge in [-0.2, -0.15) is 4.98 Å². The number of aryl methyl sites for hydroxylation is 1. The van der Waals surface area contributed by atoms with Gasteiger partial charge < -0.3 is 5.73 Å². The van der Waals surface area contributed by atoms with Crippen LogP contribution in [0.2, 0.25) is 0 Å². The van der Waals surface area contributed by atoms with Gasteiger partial charge in [0.15, 0.2) is 0 Å². The molecule has 5 N–H and O–H groups in total. The minimum absolute atomic E-state index is 0.127. The van der Waals surface area contributed by atoms with E-state index in [0.29, 0.717) is 0 Å². The third-order valence-corrected chi connectivity index (χ3v) is 1.64. The van der Waals surface area contributed by atoms with E-state index in [9.17, 15) is 9.59 Å². The van der Waals surface area contributed by atoms with Crippen molar-refractivity contribution in [3.63, 3.8) is 0 Å². The molecule has 76 valence electrons. The van der Waals surface area contributed by atoms with Gasteiger partial charge in [-0.05, 0) is 6.07 Å². The Balaban J connectivity index is 2.68. The molecule has 7 heteroatoms. The first-order valence-electron chi connectivity index (χ1n) is 3.96. The van der Waals surface area contributed by atoms with Crippen molar-refractivity contribution in [1.29, 1.82) is 0 Å². The number of nitrogens with zero attached hydrogens (tertiary/aromatic N) is 2. The van der Waals surface area contributed by atoms with Crippen molar-refractivity contribution in [2.45, 2.75) is 13.0 Å². The highest BCUT2D eigenvalue weighted by Crippen LogP contribution is 1.91. The Morgan fingerprint density at radius 1 is 1.64 bits per heavy atom. The SMILES string of the molecule is NNC(=O)CCn1ccc(N)nc1=O. The van der Waals surface area contributed by atoms with Crippen molar-refractivity contribution < 1.29 is 4.79 Å². The van der Waals surface area contributed by atoms with Gasteiger partial charge in [0.2, 0.25) is 5.91 Å². The second-order valence-corrected chi connectivity index (χ2v) is 2.65. The number of anilines is 1. The van der Waals surface area contributed by atoms with Crippen LogP contribution in [0.3, 0.4) is 0 Å². The largest absolute Gasteiger partial charge is 0.383 e. The van der Waals surface area contributed by atoms with Gasteiger partial charge in [-0.15, -0.1) is 0 Å². The van der Waals surface area contributed by atoms with Crippen LogP contribution in [0.15, 0.2) is 17.1 Å². The molecule has 0 aliphatic heterocycles. The fourth-order valence-corrected chi connectivity index (χ4v) is 0.906. The van der Waals surface area contributed by atoms with Gasteiger partial charge >= 0.3 is 5.69 Å². The van der Waals surface area contributed by atoms with Gasteiger partial charge in [-0.3, -0.25) is 14.8 Å². The quantitative estimate of drug-likeness (QED) is 0.300. The molecule has 0 aliphatic rings. The molecular weight excluding hydrogens is 186 g/mol. The molecule has 0 bridgehead atoms. The van der Waals surface area contributed by atoms with Crippen LogP contribution in [0.25, 0.3) is 0 Å². The van der Waals surface area contributed by atoms with Gasteiger partial charge in [0.25, 0.3) is 0 Å². The van der Waals surface area contributed by atoms with Crippen LogP contribution in [0, 0.1) is 0 Å². The molecule has 7 nitrogen and oxygen atoms in total. The van der Waals surface area contributed by atoms with Gasteiger partial charge in [-0.1, -0.05) is 0 Å². The number of nitrogens with one attached hydrogen (secondary N) is 1. The van der Waals surface area contributed by atoms with Gasteiger partial charge in [0, 0.05) is 19.2 Å². The van der Waals surface area contributed by atoms with Gasteiger partial charge in [-0.25, -0.2) is 10.6 Å². The number of carbonyl (C=O) groups is 1. The number of rotatable bonds is 3. The maximum atomic E-state index is 11.1. The predicted molar refractivity (Wildman–Crippen MR) is 49.9 cm³/mol. The lowest BCUT2D eigenvalue weighted by atomic mass is 10.4. The van der Waals surface area contributed by atoms with Crippen molar-refractivity contribution in [2.75, 3.05) is 5.73 Å². The monoisotopic (exact) mass is 197 g/mol. The molecule has 1 aromatic heterocycles. The first kappa shape index (κ1) is 10.2. The van der Waals surface area contributed by atoms with Crippen LogP contribution in [0.1, 0.15) is 6.42 Å². The molecule has 0 aliphatic carbocycles. The minimum atomic E-state index is -0.477. The number of hydrogen-bond donors (Lipinski definition) is 3. The average Bonchev–Trinajstić information content (AvgIpc) is 2.16. The standard InChI is InChI=1S/C7H11N5O2/c8-5-1-3-12(7(14)10-5)4-2-6(13)11-9/h1,3H,2,4,9H2,(H,11,13)(H2,8,10,14). The maximum absolute atomic E-state index is 11.1. The summed E-state index contributed by atoms with van der Waals surface area (Å²) in [7, 11) is 0. The lowest BCUT2D eigenvalue weighted by Gasteiger charge is -2.03. The zero-order valence-corrected chi connectivity index (χ0v) is 7.43. The van der Waals surface area contributed by atoms with Crippen molar-refractivity contribution in [3.05, 3.63) is 22.7 Å². The van der Waals surface area contributed by atoms with Crippen LogP contribution >= 0.6 is 0 Å². The summed E-state index contributed by atoms with van der Waals surface area (Å²) in [6.45, 7) is 0.231. The van der Waals surface area contributed by atoms with E-state index in [1.165, 1.54) is 16.8 Å². The number of nitrogens with two attached hydrogens (primary N) is 2. The first-order chi connectivity index (χ1) is 6.63. The molecular formula is C7H11N5O2. The van der Waals surface area contributed by atoms with Crippen molar-refractivity contribution >= 4 is 11.7 Å². The topological polar surface area (TPSA) is 116 Å². The predicted octanol–water partition coefficient (Wildman–Crippen LogP) is -1.79. The highest BCUT2D eigenvalue weighted by molar-refractivity contribution is 5.74. The summed E-state index contributed by atoms with van der Waals surface area (Å²) in [5, 5.41) is 0. The Labute approximate surface area is 79.7 Å². The van der Waals surface area contributed by atoms with Crippen LogP contribution in [0.4, 0.5) is 5.82 Å². The van der Waals surface area contributed by atoms with E-state index >= 15 is 0 Å². The summed E-state index contributed by atoms with van der Waals surface area (Å²) in [5.41, 5.74) is 6.78. The molecule has 0 unspecified atom stereocenters. The van der Waals surface area contributed by atoms with E-state index in [-0.39, 0.29) is 24.7 Å². The smallest absolute Gasteiger partial charge is 0.349 e. The fourth-order valence-electron chi connectivity index (χ4n) is 0.906. The van der Waals surface area contributed by atoms with E-state index in [1.807, 2.05) is 5.43 Å². The van der Waals surface area contributed by atoms with Crippen molar-refractivity contribution in [3.8, 4) is 0 Å². The molecule has 1 amide bonds. The molecule has 1 rings (SSSR count). The van der Waals surface area contributed by atoms with Crippen LogP contribution in [0.5, 0.6) is 0 Å². The van der Waals surface area contributed by atoms with Crippen molar-refractivity contribution in [1.82, 2.24) is 15.0 Å². The zero-order chi connectivity index (χ0) is 10.6. The van der Waals surface area contributed by atoms with Crippen LogP contribution in [-0.4, -0.2) is 15.5 Å². The lowest BCUT2D eigenvalue weighted by Crippen LogP contribution is -2.32. The number of carbonyl (C=O) groups excluding carboxylic acids is 1. The summed E-state index contributed by atoms with van der Waals surface area (Å²) >= 11 is 0. The van der Waals surface area contributed by atoms with Gasteiger partial charge in [0.1, 0.15) is 5.82 Å². The van der Waals surface area contributed by atoms with Crippen molar-refractivity contribution in [2.24, 2.45) is 5.84 Å². The molecule has 1 heterocycles. The summed E-state index contributed by atoms with van der Waals surface area (Å²) in [6.07, 6.45) is 1.61. The molecule has 0 spiro atoms. The molecule has 0 fully saturated rings. The van der Waals surface area contributed by atoms with E-state index in [2.05, 4.69) is 4.98 Å². The normalized spacial score (nSPS) is 9.79. The summed E-state index contributed by atoms with van der Waals surface area (Å²) in [6, 6.07) is 1.49. The minimum Gasteiger partial charge on any atom is -0.383 e. The summed E-state index contributed by atoms with van der Waals surface area (Å²) in [4.78, 5) is 25.4. The second kappa shape index (κ2) is 4.38. The number of amides is 1. The number of hydrazine groups is 1. The molecule has 0 aromatic carbocycles. The molecule has 1 aromatic rings. The highest BCUT2D eigenvalue weighted by atomic mass is 16.2. The number of nitrogen functional groups attached to an aromatic ring is 1. The third kappa shape index (κ3) is 2.56. The van der Waals surface area contributed by atoms with Crippen LogP contribution in [-0.2, 0) is 11.3 Å². The van der Waals surface area contributed by atoms with E-state index in [4.69, 9.17) is 11.6 Å². The summed E-state index contributed by atoms with van der Waals surface area (Å²) in [5.74, 6) is 4.70. The van der Waals surface area contributed by atoms with Gasteiger partial charge in [0.05, 0.1) is 0 Å². The summed E-state index contributed by atoms with van der Waals surface area (Å²) < 4.78 is 1.28. The molecule has 0 saturated carbocycles. The average molecular weight is 197 g/mol. The first-order valence-corrected chi connectivity index (χ1v) is 3.96. The number of hydrogen-bond acceptors (Lipinski definition) is 5. The maximum Gasteiger partial charge on any atom is 0.349 e. The number of aromatic nitrogens is 2. The van der Waals surface area contributed by atoms with E-state index in [1.54, 1.807) is 0 Å².